The molecule has 0 aliphatic heterocycles. The molecular formula is C18H15N3O4S. The average molecular weight is 369 g/mol. The summed E-state index contributed by atoms with van der Waals surface area (Å²) in [5, 5.41) is 21.8. The molecule has 1 heterocycles. The lowest BCUT2D eigenvalue weighted by Gasteiger charge is -2.10. The third-order valence-electron chi connectivity index (χ3n) is 3.65. The van der Waals surface area contributed by atoms with Crippen molar-refractivity contribution >= 4 is 17.6 Å². The van der Waals surface area contributed by atoms with Crippen LogP contribution in [0.3, 0.4) is 0 Å². The summed E-state index contributed by atoms with van der Waals surface area (Å²) in [5.41, 5.74) is 0.779. The monoisotopic (exact) mass is 369 g/mol. The molecule has 132 valence electrons. The topological polar surface area (TPSA) is 97.6 Å². The van der Waals surface area contributed by atoms with Gasteiger partial charge in [0.25, 0.3) is 0 Å². The largest absolute Gasteiger partial charge is 0.507 e. The van der Waals surface area contributed by atoms with E-state index >= 15 is 0 Å². The molecule has 2 aromatic carbocycles. The van der Waals surface area contributed by atoms with E-state index < -0.39 is 0 Å². The number of ether oxygens (including phenoxy) is 2. The lowest BCUT2D eigenvalue weighted by molar-refractivity contribution is 0.408. The van der Waals surface area contributed by atoms with E-state index in [0.29, 0.717) is 22.6 Å². The quantitative estimate of drug-likeness (QED) is 0.663. The Kier molecular flexibility index (Phi) is 4.94. The molecule has 0 amide bonds. The third kappa shape index (κ3) is 3.40. The Labute approximate surface area is 154 Å². The van der Waals surface area contributed by atoms with Gasteiger partial charge in [-0.2, -0.15) is 0 Å². The molecule has 26 heavy (non-hydrogen) atoms. The zero-order valence-corrected chi connectivity index (χ0v) is 14.8. The molecular weight excluding hydrogens is 354 g/mol. The van der Waals surface area contributed by atoms with Gasteiger partial charge in [-0.3, -0.25) is 0 Å². The van der Waals surface area contributed by atoms with E-state index in [1.54, 1.807) is 24.3 Å². The molecule has 7 nitrogen and oxygen atoms in total. The van der Waals surface area contributed by atoms with E-state index in [9.17, 15) is 10.2 Å². The Morgan fingerprint density at radius 3 is 1.62 bits per heavy atom. The van der Waals surface area contributed by atoms with Crippen LogP contribution in [-0.2, 0) is 0 Å². The maximum atomic E-state index is 10.2. The second-order valence-electron chi connectivity index (χ2n) is 5.22. The summed E-state index contributed by atoms with van der Waals surface area (Å²) in [6, 6.07) is 9.55. The first kappa shape index (κ1) is 17.6. The van der Waals surface area contributed by atoms with Crippen molar-refractivity contribution in [2.75, 3.05) is 14.2 Å². The van der Waals surface area contributed by atoms with Crippen LogP contribution in [0.25, 0.3) is 22.8 Å². The number of benzene rings is 2. The molecule has 0 saturated carbocycles. The Morgan fingerprint density at radius 2 is 1.27 bits per heavy atom. The minimum atomic E-state index is -0.0456. The smallest absolute Gasteiger partial charge is 0.167 e. The summed E-state index contributed by atoms with van der Waals surface area (Å²) in [6.07, 6.45) is 0. The lowest BCUT2D eigenvalue weighted by atomic mass is 10.1. The highest BCUT2D eigenvalue weighted by Crippen LogP contribution is 2.34. The van der Waals surface area contributed by atoms with Gasteiger partial charge in [-0.25, -0.2) is 15.0 Å². The Hall–Kier alpha value is -3.26. The number of methoxy groups -OCH3 is 2. The SMILES string of the molecule is COc1ccc(-c2nc(C=S)nc(-c3ccc(OC)cc3O)n2)c(O)c1. The molecule has 0 aliphatic rings. The van der Waals surface area contributed by atoms with Gasteiger partial charge in [0.1, 0.15) is 23.0 Å². The highest BCUT2D eigenvalue weighted by Gasteiger charge is 2.15. The van der Waals surface area contributed by atoms with Gasteiger partial charge < -0.3 is 19.7 Å². The van der Waals surface area contributed by atoms with Crippen LogP contribution in [0.2, 0.25) is 0 Å². The minimum Gasteiger partial charge on any atom is -0.507 e. The van der Waals surface area contributed by atoms with Crippen LogP contribution in [0.4, 0.5) is 0 Å². The summed E-state index contributed by atoms with van der Waals surface area (Å²) < 4.78 is 10.2. The molecule has 0 atom stereocenters. The van der Waals surface area contributed by atoms with Gasteiger partial charge in [-0.05, 0) is 24.3 Å². The number of hydrogen-bond acceptors (Lipinski definition) is 8. The molecule has 8 heteroatoms. The highest BCUT2D eigenvalue weighted by atomic mass is 32.1. The molecule has 0 aliphatic carbocycles. The van der Waals surface area contributed by atoms with Crippen molar-refractivity contribution in [3.05, 3.63) is 42.2 Å². The van der Waals surface area contributed by atoms with Crippen molar-refractivity contribution in [3.8, 4) is 45.8 Å². The summed E-state index contributed by atoms with van der Waals surface area (Å²) in [4.78, 5) is 12.8. The third-order valence-corrected chi connectivity index (χ3v) is 3.86. The van der Waals surface area contributed by atoms with E-state index in [-0.39, 0.29) is 29.0 Å². The number of hydrogen-bond donors (Lipinski definition) is 2. The van der Waals surface area contributed by atoms with Gasteiger partial charge in [-0.15, -0.1) is 0 Å². The van der Waals surface area contributed by atoms with Crippen molar-refractivity contribution in [2.24, 2.45) is 0 Å². The van der Waals surface area contributed by atoms with Crippen molar-refractivity contribution < 1.29 is 19.7 Å². The molecule has 3 rings (SSSR count). The molecule has 3 aromatic rings. The summed E-state index contributed by atoms with van der Waals surface area (Å²) in [5.74, 6) is 1.60. The van der Waals surface area contributed by atoms with Gasteiger partial charge in [0.2, 0.25) is 0 Å². The predicted molar refractivity (Wildman–Crippen MR) is 99.9 cm³/mol. The van der Waals surface area contributed by atoms with E-state index in [1.165, 1.54) is 31.7 Å². The van der Waals surface area contributed by atoms with Crippen LogP contribution in [0, 0.1) is 0 Å². The number of phenols is 2. The second kappa shape index (κ2) is 7.32. The average Bonchev–Trinajstić information content (AvgIpc) is 2.67. The Balaban J connectivity index is 2.15. The van der Waals surface area contributed by atoms with Gasteiger partial charge in [0, 0.05) is 17.5 Å². The van der Waals surface area contributed by atoms with Crippen LogP contribution >= 0.6 is 12.2 Å². The van der Waals surface area contributed by atoms with Crippen LogP contribution < -0.4 is 9.47 Å². The normalized spacial score (nSPS) is 10.4. The number of aromatic nitrogens is 3. The molecule has 0 fully saturated rings. The predicted octanol–water partition coefficient (Wildman–Crippen LogP) is 2.98. The lowest BCUT2D eigenvalue weighted by Crippen LogP contribution is -2.02. The zero-order chi connectivity index (χ0) is 18.7. The summed E-state index contributed by atoms with van der Waals surface area (Å²) in [6.45, 7) is 0. The van der Waals surface area contributed by atoms with Crippen LogP contribution in [0.5, 0.6) is 23.0 Å². The highest BCUT2D eigenvalue weighted by molar-refractivity contribution is 7.79. The van der Waals surface area contributed by atoms with Crippen molar-refractivity contribution in [2.45, 2.75) is 0 Å². The first-order valence-electron chi connectivity index (χ1n) is 7.51. The fourth-order valence-electron chi connectivity index (χ4n) is 2.34. The van der Waals surface area contributed by atoms with Gasteiger partial charge in [-0.1, -0.05) is 12.2 Å². The van der Waals surface area contributed by atoms with Gasteiger partial charge in [0.15, 0.2) is 17.5 Å². The van der Waals surface area contributed by atoms with Crippen LogP contribution in [0.1, 0.15) is 5.82 Å². The van der Waals surface area contributed by atoms with Crippen LogP contribution in [0.15, 0.2) is 36.4 Å². The number of rotatable bonds is 5. The fourth-order valence-corrected chi connectivity index (χ4v) is 2.45. The first-order chi connectivity index (χ1) is 12.5. The molecule has 0 radical (unpaired) electrons. The fraction of sp³-hybridized carbons (Fsp3) is 0.111. The molecule has 0 unspecified atom stereocenters. The van der Waals surface area contributed by atoms with E-state index in [4.69, 9.17) is 21.7 Å². The van der Waals surface area contributed by atoms with Crippen molar-refractivity contribution in [1.82, 2.24) is 15.0 Å². The van der Waals surface area contributed by atoms with Gasteiger partial charge >= 0.3 is 0 Å². The molecule has 0 saturated heterocycles. The van der Waals surface area contributed by atoms with E-state index in [1.807, 2.05) is 0 Å². The molecule has 2 N–H and O–H groups in total. The number of nitrogens with zero attached hydrogens (tertiary/aromatic N) is 3. The standard InChI is InChI=1S/C18H15N3O4S/c1-24-10-3-5-12(14(22)7-10)17-19-16(9-26)20-18(21-17)13-6-4-11(25-2)8-15(13)23/h3-9,22-23H,1-2H3. The number of thiocarbonyl (C=S) groups is 1. The number of phenolic OH excluding ortho intramolecular Hbond substituents is 2. The maximum Gasteiger partial charge on any atom is 0.167 e. The first-order valence-corrected chi connectivity index (χ1v) is 7.99. The molecule has 0 spiro atoms. The summed E-state index contributed by atoms with van der Waals surface area (Å²) in [7, 11) is 3.01. The van der Waals surface area contributed by atoms with Crippen LogP contribution in [-0.4, -0.2) is 44.8 Å². The minimum absolute atomic E-state index is 0.0456. The number of aromatic hydroxyl groups is 2. The van der Waals surface area contributed by atoms with Crippen molar-refractivity contribution in [3.63, 3.8) is 0 Å². The maximum absolute atomic E-state index is 10.2. The van der Waals surface area contributed by atoms with E-state index in [0.717, 1.165) is 0 Å². The summed E-state index contributed by atoms with van der Waals surface area (Å²) >= 11 is 4.94. The molecule has 1 aromatic heterocycles. The van der Waals surface area contributed by atoms with E-state index in [2.05, 4.69) is 15.0 Å². The Bertz CT molecular complexity index is 907. The zero-order valence-electron chi connectivity index (χ0n) is 14.0. The Morgan fingerprint density at radius 1 is 0.808 bits per heavy atom. The second-order valence-corrected chi connectivity index (χ2v) is 5.46. The molecule has 0 bridgehead atoms. The van der Waals surface area contributed by atoms with Gasteiger partial charge in [0.05, 0.1) is 25.3 Å². The van der Waals surface area contributed by atoms with Crippen molar-refractivity contribution in [1.29, 1.82) is 0 Å².